The van der Waals surface area contributed by atoms with Gasteiger partial charge in [-0.05, 0) is 43.9 Å². The van der Waals surface area contributed by atoms with Gasteiger partial charge in [0.2, 0.25) is 10.0 Å². The molecule has 0 aliphatic heterocycles. The molecular weight excluding hydrogens is 281 g/mol. The van der Waals surface area contributed by atoms with E-state index in [4.69, 9.17) is 5.11 Å². The third-order valence-electron chi connectivity index (χ3n) is 3.20. The van der Waals surface area contributed by atoms with Gasteiger partial charge in [0.1, 0.15) is 12.4 Å². The summed E-state index contributed by atoms with van der Waals surface area (Å²) < 4.78 is 40.4. The van der Waals surface area contributed by atoms with Gasteiger partial charge in [0.25, 0.3) is 0 Å². The van der Waals surface area contributed by atoms with Crippen LogP contribution in [0.5, 0.6) is 0 Å². The smallest absolute Gasteiger partial charge is 0.242 e. The predicted octanol–water partition coefficient (Wildman–Crippen LogP) is 1.25. The lowest BCUT2D eigenvalue weighted by molar-refractivity contribution is 0.350. The number of nitrogens with one attached hydrogen (secondary N) is 1. The first-order valence-corrected chi connectivity index (χ1v) is 7.84. The van der Waals surface area contributed by atoms with Gasteiger partial charge in [-0.25, -0.2) is 17.5 Å². The van der Waals surface area contributed by atoms with Crippen molar-refractivity contribution in [1.29, 1.82) is 0 Å². The second kappa shape index (κ2) is 5.92. The van der Waals surface area contributed by atoms with E-state index in [-0.39, 0.29) is 16.5 Å². The van der Waals surface area contributed by atoms with Gasteiger partial charge in [-0.3, -0.25) is 0 Å². The Hall–Kier alpha value is -1.42. The molecule has 1 saturated carbocycles. The molecule has 108 valence electrons. The van der Waals surface area contributed by atoms with Gasteiger partial charge in [-0.1, -0.05) is 11.8 Å². The van der Waals surface area contributed by atoms with Gasteiger partial charge in [-0.2, -0.15) is 0 Å². The summed E-state index contributed by atoms with van der Waals surface area (Å²) in [7, 11) is -3.74. The van der Waals surface area contributed by atoms with Crippen LogP contribution in [0.2, 0.25) is 0 Å². The zero-order valence-corrected chi connectivity index (χ0v) is 11.9. The highest BCUT2D eigenvalue weighted by Crippen LogP contribution is 2.33. The molecule has 0 heterocycles. The molecule has 20 heavy (non-hydrogen) atoms. The minimum Gasteiger partial charge on any atom is -0.384 e. The molecule has 0 saturated heterocycles. The monoisotopic (exact) mass is 297 g/mol. The van der Waals surface area contributed by atoms with E-state index >= 15 is 0 Å². The summed E-state index contributed by atoms with van der Waals surface area (Å²) >= 11 is 0. The van der Waals surface area contributed by atoms with Crippen LogP contribution < -0.4 is 4.72 Å². The lowest BCUT2D eigenvalue weighted by atomic mass is 10.2. The standard InChI is InChI=1S/C14H16FNO3S/c1-10(11-4-5-11)16-20(18,19)14-7-6-13(15)9-12(14)3-2-8-17/h6-7,9-11,16-17H,4-5,8H2,1H3. The van der Waals surface area contributed by atoms with Crippen molar-refractivity contribution in [3.8, 4) is 11.8 Å². The van der Waals surface area contributed by atoms with E-state index in [0.29, 0.717) is 5.92 Å². The largest absolute Gasteiger partial charge is 0.384 e. The fraction of sp³-hybridized carbons (Fsp3) is 0.429. The van der Waals surface area contributed by atoms with E-state index in [1.54, 1.807) is 0 Å². The average Bonchev–Trinajstić information content (AvgIpc) is 3.19. The molecule has 1 fully saturated rings. The van der Waals surface area contributed by atoms with Crippen LogP contribution in [0.1, 0.15) is 25.3 Å². The summed E-state index contributed by atoms with van der Waals surface area (Å²) in [6.07, 6.45) is 2.04. The molecule has 0 aromatic heterocycles. The minimum absolute atomic E-state index is 0.0505. The van der Waals surface area contributed by atoms with Crippen LogP contribution in [-0.4, -0.2) is 26.2 Å². The Bertz CT molecular complexity index is 657. The van der Waals surface area contributed by atoms with Crippen LogP contribution in [0.15, 0.2) is 23.1 Å². The first-order valence-electron chi connectivity index (χ1n) is 6.35. The third-order valence-corrected chi connectivity index (χ3v) is 4.82. The van der Waals surface area contributed by atoms with E-state index in [9.17, 15) is 12.8 Å². The van der Waals surface area contributed by atoms with Crippen molar-refractivity contribution in [3.05, 3.63) is 29.6 Å². The van der Waals surface area contributed by atoms with Crippen molar-refractivity contribution >= 4 is 10.0 Å². The van der Waals surface area contributed by atoms with Gasteiger partial charge in [0, 0.05) is 11.6 Å². The summed E-state index contributed by atoms with van der Waals surface area (Å²) in [5.74, 6) is 4.61. The lowest BCUT2D eigenvalue weighted by Gasteiger charge is -2.14. The zero-order valence-electron chi connectivity index (χ0n) is 11.1. The highest BCUT2D eigenvalue weighted by atomic mass is 32.2. The van der Waals surface area contributed by atoms with Crippen LogP contribution >= 0.6 is 0 Å². The quantitative estimate of drug-likeness (QED) is 0.822. The number of benzene rings is 1. The predicted molar refractivity (Wildman–Crippen MR) is 72.9 cm³/mol. The van der Waals surface area contributed by atoms with Crippen molar-refractivity contribution in [2.45, 2.75) is 30.7 Å². The molecular formula is C14H16FNO3S. The van der Waals surface area contributed by atoms with E-state index in [1.165, 1.54) is 6.07 Å². The third kappa shape index (κ3) is 3.57. The van der Waals surface area contributed by atoms with Crippen LogP contribution in [0.25, 0.3) is 0 Å². The number of hydrogen-bond acceptors (Lipinski definition) is 3. The fourth-order valence-electron chi connectivity index (χ4n) is 1.97. The van der Waals surface area contributed by atoms with E-state index in [1.807, 2.05) is 6.92 Å². The molecule has 1 aromatic rings. The van der Waals surface area contributed by atoms with Crippen molar-refractivity contribution in [1.82, 2.24) is 4.72 Å². The molecule has 2 N–H and O–H groups in total. The summed E-state index contributed by atoms with van der Waals surface area (Å²) in [5.41, 5.74) is 0.0505. The highest BCUT2D eigenvalue weighted by molar-refractivity contribution is 7.89. The maximum absolute atomic E-state index is 13.2. The van der Waals surface area contributed by atoms with Gasteiger partial charge in [0.05, 0.1) is 4.90 Å². The molecule has 1 unspecified atom stereocenters. The molecule has 1 aromatic carbocycles. The second-order valence-electron chi connectivity index (χ2n) is 4.85. The Kier molecular flexibility index (Phi) is 4.43. The normalized spacial score (nSPS) is 16.4. The summed E-state index contributed by atoms with van der Waals surface area (Å²) in [6, 6.07) is 3.18. The molecule has 0 amide bonds. The molecule has 2 rings (SSSR count). The van der Waals surface area contributed by atoms with Crippen molar-refractivity contribution < 1.29 is 17.9 Å². The maximum Gasteiger partial charge on any atom is 0.242 e. The molecule has 0 spiro atoms. The van der Waals surface area contributed by atoms with Gasteiger partial charge < -0.3 is 5.11 Å². The number of rotatable bonds is 4. The Morgan fingerprint density at radius 3 is 2.80 bits per heavy atom. The van der Waals surface area contributed by atoms with Crippen molar-refractivity contribution in [2.75, 3.05) is 6.61 Å². The molecule has 1 aliphatic rings. The summed E-state index contributed by atoms with van der Waals surface area (Å²) in [4.78, 5) is -0.0626. The summed E-state index contributed by atoms with van der Waals surface area (Å²) in [6.45, 7) is 1.40. The van der Waals surface area contributed by atoms with Gasteiger partial charge in [0.15, 0.2) is 0 Å². The average molecular weight is 297 g/mol. The molecule has 0 radical (unpaired) electrons. The van der Waals surface area contributed by atoms with E-state index < -0.39 is 22.4 Å². The number of aliphatic hydroxyl groups excluding tert-OH is 1. The maximum atomic E-state index is 13.2. The van der Waals surface area contributed by atoms with Crippen LogP contribution in [0.4, 0.5) is 4.39 Å². The van der Waals surface area contributed by atoms with Crippen molar-refractivity contribution in [3.63, 3.8) is 0 Å². The van der Waals surface area contributed by atoms with E-state index in [2.05, 4.69) is 16.6 Å². The second-order valence-corrected chi connectivity index (χ2v) is 6.53. The Morgan fingerprint density at radius 2 is 2.20 bits per heavy atom. The lowest BCUT2D eigenvalue weighted by Crippen LogP contribution is -2.34. The first kappa shape index (κ1) is 15.0. The van der Waals surface area contributed by atoms with E-state index in [0.717, 1.165) is 25.0 Å². The minimum atomic E-state index is -3.74. The van der Waals surface area contributed by atoms with Gasteiger partial charge in [-0.15, -0.1) is 0 Å². The highest BCUT2D eigenvalue weighted by Gasteiger charge is 2.31. The Balaban J connectivity index is 2.34. The number of halogens is 1. The molecule has 1 aliphatic carbocycles. The number of aliphatic hydroxyl groups is 1. The van der Waals surface area contributed by atoms with Crippen LogP contribution in [0.3, 0.4) is 0 Å². The Labute approximate surface area is 118 Å². The molecule has 6 heteroatoms. The number of sulfonamides is 1. The van der Waals surface area contributed by atoms with Gasteiger partial charge >= 0.3 is 0 Å². The fourth-order valence-corrected chi connectivity index (χ4v) is 3.43. The molecule has 0 bridgehead atoms. The SMILES string of the molecule is CC(NS(=O)(=O)c1ccc(F)cc1C#CCO)C1CC1. The number of hydrogen-bond donors (Lipinski definition) is 2. The van der Waals surface area contributed by atoms with Crippen LogP contribution in [-0.2, 0) is 10.0 Å². The van der Waals surface area contributed by atoms with Crippen molar-refractivity contribution in [2.24, 2.45) is 5.92 Å². The zero-order chi connectivity index (χ0) is 14.8. The Morgan fingerprint density at radius 1 is 1.50 bits per heavy atom. The first-order chi connectivity index (χ1) is 9.44. The summed E-state index contributed by atoms with van der Waals surface area (Å²) in [5, 5.41) is 8.68. The molecule has 4 nitrogen and oxygen atoms in total. The molecule has 1 atom stereocenters. The van der Waals surface area contributed by atoms with Crippen LogP contribution in [0, 0.1) is 23.6 Å². The topological polar surface area (TPSA) is 66.4 Å².